The number of amides is 1. The monoisotopic (exact) mass is 350 g/mol. The number of aliphatic carboxylic acids is 1. The molecule has 1 N–H and O–H groups in total. The number of rotatable bonds is 5. The van der Waals surface area contributed by atoms with E-state index in [0.717, 1.165) is 5.69 Å². The second-order valence-corrected chi connectivity index (χ2v) is 6.25. The standard InChI is InChI=1S/C17H20N4O3.Na/c1-10-11(2)15(17(23)24)14(10)16(22)18-8-13-19-9-21(20-13)12-6-4-3-5-7-12;/h3-7,9-11,14-15H,8H2,1-2H3,(H,18,22)(H,23,24);/q;+1/p-1/t10?,11?,14-,15+;/m0./s1. The summed E-state index contributed by atoms with van der Waals surface area (Å²) in [5.41, 5.74) is 0.876. The van der Waals surface area contributed by atoms with Crippen molar-refractivity contribution < 1.29 is 44.3 Å². The Morgan fingerprint density at radius 2 is 1.80 bits per heavy atom. The minimum atomic E-state index is -1.16. The van der Waals surface area contributed by atoms with Gasteiger partial charge in [0.2, 0.25) is 5.91 Å². The average Bonchev–Trinajstić information content (AvgIpc) is 3.06. The van der Waals surface area contributed by atoms with Gasteiger partial charge < -0.3 is 15.2 Å². The molecule has 126 valence electrons. The third-order valence-electron chi connectivity index (χ3n) is 4.90. The first-order valence-electron chi connectivity index (χ1n) is 7.93. The Labute approximate surface area is 168 Å². The van der Waals surface area contributed by atoms with E-state index in [4.69, 9.17) is 0 Å². The van der Waals surface area contributed by atoms with Gasteiger partial charge in [-0.25, -0.2) is 9.67 Å². The van der Waals surface area contributed by atoms with Gasteiger partial charge in [-0.1, -0.05) is 32.0 Å². The number of aromatic nitrogens is 3. The van der Waals surface area contributed by atoms with Crippen molar-refractivity contribution in [3.63, 3.8) is 0 Å². The molecule has 25 heavy (non-hydrogen) atoms. The van der Waals surface area contributed by atoms with Crippen LogP contribution in [0.4, 0.5) is 0 Å². The molecule has 0 bridgehead atoms. The summed E-state index contributed by atoms with van der Waals surface area (Å²) in [7, 11) is 0. The van der Waals surface area contributed by atoms with E-state index in [1.165, 1.54) is 0 Å². The first-order chi connectivity index (χ1) is 11.5. The molecule has 8 heteroatoms. The molecule has 1 fully saturated rings. The minimum Gasteiger partial charge on any atom is -0.550 e. The van der Waals surface area contributed by atoms with E-state index in [0.29, 0.717) is 5.82 Å². The summed E-state index contributed by atoms with van der Waals surface area (Å²) in [6.07, 6.45) is 1.58. The molecular formula is C17H19N4NaO3. The molecule has 7 nitrogen and oxygen atoms in total. The SMILES string of the molecule is CC1C(C)[C@H](C(=O)NCc2ncn(-c3ccccc3)n2)[C@@H]1C(=O)[O-].[Na+]. The molecule has 2 unspecified atom stereocenters. The molecule has 4 atom stereocenters. The molecule has 1 aromatic heterocycles. The Hall–Kier alpha value is -1.70. The van der Waals surface area contributed by atoms with Gasteiger partial charge in [0.25, 0.3) is 0 Å². The fourth-order valence-corrected chi connectivity index (χ4v) is 3.29. The second kappa shape index (κ2) is 8.12. The van der Waals surface area contributed by atoms with E-state index in [-0.39, 0.29) is 53.8 Å². The molecule has 1 aromatic carbocycles. The summed E-state index contributed by atoms with van der Waals surface area (Å²) in [6, 6.07) is 9.52. The number of hydrogen-bond acceptors (Lipinski definition) is 5. The summed E-state index contributed by atoms with van der Waals surface area (Å²) in [5, 5.41) is 18.2. The van der Waals surface area contributed by atoms with E-state index in [2.05, 4.69) is 15.4 Å². The van der Waals surface area contributed by atoms with Gasteiger partial charge in [-0.3, -0.25) is 4.79 Å². The maximum Gasteiger partial charge on any atom is 1.00 e. The molecule has 1 saturated carbocycles. The van der Waals surface area contributed by atoms with Crippen LogP contribution in [0.1, 0.15) is 19.7 Å². The number of carbonyl (C=O) groups excluding carboxylic acids is 2. The van der Waals surface area contributed by atoms with Crippen molar-refractivity contribution in [1.29, 1.82) is 0 Å². The van der Waals surface area contributed by atoms with E-state index < -0.39 is 17.8 Å². The van der Waals surface area contributed by atoms with Crippen molar-refractivity contribution in [2.24, 2.45) is 23.7 Å². The zero-order chi connectivity index (χ0) is 17.3. The minimum absolute atomic E-state index is 0. The van der Waals surface area contributed by atoms with Gasteiger partial charge in [0.15, 0.2) is 5.82 Å². The molecule has 1 heterocycles. The molecule has 0 spiro atoms. The predicted octanol–water partition coefficient (Wildman–Crippen LogP) is -2.84. The third kappa shape index (κ3) is 3.94. The van der Waals surface area contributed by atoms with Crippen molar-refractivity contribution >= 4 is 11.9 Å². The van der Waals surface area contributed by atoms with Crippen molar-refractivity contribution in [3.8, 4) is 5.69 Å². The summed E-state index contributed by atoms with van der Waals surface area (Å²) in [5.74, 6) is -2.30. The molecule has 1 aliphatic rings. The van der Waals surface area contributed by atoms with Crippen LogP contribution in [0.3, 0.4) is 0 Å². The first-order valence-corrected chi connectivity index (χ1v) is 7.93. The van der Waals surface area contributed by atoms with Crippen LogP contribution in [0, 0.1) is 23.7 Å². The molecule has 1 aliphatic carbocycles. The zero-order valence-corrected chi connectivity index (χ0v) is 16.5. The van der Waals surface area contributed by atoms with E-state index in [1.54, 1.807) is 11.0 Å². The van der Waals surface area contributed by atoms with Crippen molar-refractivity contribution in [3.05, 3.63) is 42.5 Å². The molecule has 3 rings (SSSR count). The maximum absolute atomic E-state index is 12.3. The van der Waals surface area contributed by atoms with Gasteiger partial charge in [0.05, 0.1) is 12.2 Å². The van der Waals surface area contributed by atoms with Crippen LogP contribution >= 0.6 is 0 Å². The van der Waals surface area contributed by atoms with Gasteiger partial charge >= 0.3 is 29.6 Å². The van der Waals surface area contributed by atoms with E-state index >= 15 is 0 Å². The summed E-state index contributed by atoms with van der Waals surface area (Å²) >= 11 is 0. The molecule has 0 aliphatic heterocycles. The normalized spacial score (nSPS) is 24.7. The fraction of sp³-hybridized carbons (Fsp3) is 0.412. The number of nitrogens with zero attached hydrogens (tertiary/aromatic N) is 3. The first kappa shape index (κ1) is 19.6. The summed E-state index contributed by atoms with van der Waals surface area (Å²) in [6.45, 7) is 3.88. The molecular weight excluding hydrogens is 331 g/mol. The second-order valence-electron chi connectivity index (χ2n) is 6.25. The Morgan fingerprint density at radius 3 is 2.44 bits per heavy atom. The van der Waals surface area contributed by atoms with Gasteiger partial charge in [-0.15, -0.1) is 5.10 Å². The number of carboxylic acid groups (broad SMARTS) is 1. The van der Waals surface area contributed by atoms with Crippen molar-refractivity contribution in [1.82, 2.24) is 20.1 Å². The average molecular weight is 350 g/mol. The predicted molar refractivity (Wildman–Crippen MR) is 83.5 cm³/mol. The molecule has 0 radical (unpaired) electrons. The zero-order valence-electron chi connectivity index (χ0n) is 14.5. The van der Waals surface area contributed by atoms with E-state index in [1.807, 2.05) is 44.2 Å². The molecule has 2 aromatic rings. The number of nitrogens with one attached hydrogen (secondary N) is 1. The molecule has 0 saturated heterocycles. The Balaban J connectivity index is 0.00000225. The summed E-state index contributed by atoms with van der Waals surface area (Å²) < 4.78 is 1.62. The van der Waals surface area contributed by atoms with Crippen LogP contribution in [-0.4, -0.2) is 26.6 Å². The largest absolute Gasteiger partial charge is 1.00 e. The number of benzene rings is 1. The van der Waals surface area contributed by atoms with Gasteiger partial charge in [-0.2, -0.15) is 0 Å². The quantitative estimate of drug-likeness (QED) is 0.586. The van der Waals surface area contributed by atoms with Crippen molar-refractivity contribution in [2.45, 2.75) is 20.4 Å². The topological polar surface area (TPSA) is 99.9 Å². The van der Waals surface area contributed by atoms with Crippen LogP contribution < -0.4 is 40.0 Å². The Morgan fingerprint density at radius 1 is 1.16 bits per heavy atom. The Kier molecular flexibility index (Phi) is 6.37. The van der Waals surface area contributed by atoms with Crippen molar-refractivity contribution in [2.75, 3.05) is 0 Å². The third-order valence-corrected chi connectivity index (χ3v) is 4.90. The van der Waals surface area contributed by atoms with Gasteiger partial charge in [0.1, 0.15) is 6.33 Å². The Bertz CT molecular complexity index is 749. The maximum atomic E-state index is 12.3. The van der Waals surface area contributed by atoms with Crippen LogP contribution in [0.5, 0.6) is 0 Å². The van der Waals surface area contributed by atoms with Crippen LogP contribution in [-0.2, 0) is 16.1 Å². The van der Waals surface area contributed by atoms with E-state index in [9.17, 15) is 14.7 Å². The number of carboxylic acids is 1. The molecule has 1 amide bonds. The van der Waals surface area contributed by atoms with Gasteiger partial charge in [-0.05, 0) is 24.0 Å². The number of hydrogen-bond donors (Lipinski definition) is 1. The number of para-hydroxylation sites is 1. The summed E-state index contributed by atoms with van der Waals surface area (Å²) in [4.78, 5) is 27.6. The fourth-order valence-electron chi connectivity index (χ4n) is 3.29. The van der Waals surface area contributed by atoms with Gasteiger partial charge in [0, 0.05) is 17.8 Å². The van der Waals surface area contributed by atoms with Crippen LogP contribution in [0.25, 0.3) is 5.69 Å². The van der Waals surface area contributed by atoms with Crippen LogP contribution in [0.2, 0.25) is 0 Å². The number of carbonyl (C=O) groups is 2. The van der Waals surface area contributed by atoms with Crippen LogP contribution in [0.15, 0.2) is 36.7 Å². The smallest absolute Gasteiger partial charge is 0.550 e.